The van der Waals surface area contributed by atoms with Gasteiger partial charge in [-0.3, -0.25) is 0 Å². The highest BCUT2D eigenvalue weighted by atomic mass is 16.5. The highest BCUT2D eigenvalue weighted by molar-refractivity contribution is 5.54. The minimum atomic E-state index is 0.509. The van der Waals surface area contributed by atoms with Gasteiger partial charge >= 0.3 is 6.01 Å². The van der Waals surface area contributed by atoms with Crippen LogP contribution in [0.3, 0.4) is 0 Å². The third kappa shape index (κ3) is 6.02. The third-order valence-electron chi connectivity index (χ3n) is 3.98. The minimum Gasteiger partial charge on any atom is -0.333 e. The van der Waals surface area contributed by atoms with Crippen molar-refractivity contribution in [2.24, 2.45) is 0 Å². The Morgan fingerprint density at radius 2 is 1.70 bits per heavy atom. The number of unbranched alkanes of at least 4 members (excludes halogenated alkanes) is 2. The first kappa shape index (κ1) is 17.5. The lowest BCUT2D eigenvalue weighted by molar-refractivity contribution is -0.898. The van der Waals surface area contributed by atoms with Gasteiger partial charge in [0.25, 0.3) is 0 Å². The third-order valence-corrected chi connectivity index (χ3v) is 3.98. The van der Waals surface area contributed by atoms with Crippen LogP contribution in [0.1, 0.15) is 39.5 Å². The van der Waals surface area contributed by atoms with Crippen molar-refractivity contribution < 1.29 is 9.42 Å². The maximum absolute atomic E-state index is 5.28. The Kier molecular flexibility index (Phi) is 7.60. The molecule has 1 heterocycles. The van der Waals surface area contributed by atoms with Crippen LogP contribution in [0.15, 0.2) is 34.9 Å². The van der Waals surface area contributed by atoms with Crippen LogP contribution in [0.25, 0.3) is 11.4 Å². The second-order valence-corrected chi connectivity index (χ2v) is 5.92. The zero-order valence-corrected chi connectivity index (χ0v) is 14.3. The van der Waals surface area contributed by atoms with E-state index in [0.717, 1.165) is 18.7 Å². The van der Waals surface area contributed by atoms with Crippen molar-refractivity contribution in [1.29, 1.82) is 0 Å². The van der Waals surface area contributed by atoms with E-state index in [0.29, 0.717) is 11.8 Å². The van der Waals surface area contributed by atoms with Gasteiger partial charge in [0.15, 0.2) is 0 Å². The van der Waals surface area contributed by atoms with Gasteiger partial charge in [-0.05, 0) is 12.8 Å². The molecule has 0 bridgehead atoms. The monoisotopic (exact) mass is 317 g/mol. The average molecular weight is 317 g/mol. The summed E-state index contributed by atoms with van der Waals surface area (Å²) < 4.78 is 5.28. The molecule has 0 unspecified atom stereocenters. The molecule has 0 spiro atoms. The number of aromatic nitrogens is 2. The molecule has 5 nitrogen and oxygen atoms in total. The topological polar surface area (TPSA) is 55.4 Å². The summed E-state index contributed by atoms with van der Waals surface area (Å²) in [5.74, 6) is 0.634. The Labute approximate surface area is 139 Å². The molecule has 2 N–H and O–H groups in total. The molecule has 23 heavy (non-hydrogen) atoms. The summed E-state index contributed by atoms with van der Waals surface area (Å²) in [5.41, 5.74) is 0.974. The summed E-state index contributed by atoms with van der Waals surface area (Å²) in [6.45, 7) is 8.94. The number of nitrogens with zero attached hydrogens (tertiary/aromatic N) is 2. The van der Waals surface area contributed by atoms with Crippen LogP contribution in [-0.2, 0) is 0 Å². The fourth-order valence-electron chi connectivity index (χ4n) is 2.57. The first-order valence-electron chi connectivity index (χ1n) is 8.80. The highest BCUT2D eigenvalue weighted by Crippen LogP contribution is 2.16. The van der Waals surface area contributed by atoms with Crippen molar-refractivity contribution in [1.82, 2.24) is 10.1 Å². The molecule has 0 fully saturated rings. The van der Waals surface area contributed by atoms with E-state index in [2.05, 4.69) is 29.3 Å². The zero-order valence-electron chi connectivity index (χ0n) is 14.3. The Balaban J connectivity index is 1.79. The maximum atomic E-state index is 5.28. The van der Waals surface area contributed by atoms with Crippen molar-refractivity contribution in [2.75, 3.05) is 31.5 Å². The van der Waals surface area contributed by atoms with Gasteiger partial charge in [0, 0.05) is 5.56 Å². The summed E-state index contributed by atoms with van der Waals surface area (Å²) in [7, 11) is 0. The van der Waals surface area contributed by atoms with Crippen molar-refractivity contribution in [3.05, 3.63) is 30.3 Å². The normalized spacial score (nSPS) is 11.1. The smallest absolute Gasteiger partial charge is 0.322 e. The van der Waals surface area contributed by atoms with Crippen LogP contribution in [0.5, 0.6) is 0 Å². The number of hydrogen-bond donors (Lipinski definition) is 2. The van der Waals surface area contributed by atoms with Gasteiger partial charge in [0.05, 0.1) is 26.2 Å². The van der Waals surface area contributed by atoms with E-state index >= 15 is 0 Å². The highest BCUT2D eigenvalue weighted by Gasteiger charge is 2.10. The molecular weight excluding hydrogens is 288 g/mol. The van der Waals surface area contributed by atoms with Gasteiger partial charge in [-0.25, -0.2) is 0 Å². The standard InChI is InChI=1S/C18H28N4O/c1-3-5-13-22(14-6-4-2)15-12-19-18-20-17(21-23-18)16-10-8-7-9-11-16/h7-11H,3-6,12-15H2,1-2H3,(H,19,20,21)/p+1. The SMILES string of the molecule is CCCC[NH+](CCCC)CCNc1nc(-c2ccccc2)no1. The molecule has 0 saturated carbocycles. The Morgan fingerprint density at radius 1 is 1.00 bits per heavy atom. The van der Waals surface area contributed by atoms with Gasteiger partial charge in [0.1, 0.15) is 0 Å². The largest absolute Gasteiger partial charge is 0.333 e. The van der Waals surface area contributed by atoms with E-state index in [1.165, 1.54) is 38.8 Å². The van der Waals surface area contributed by atoms with Crippen LogP contribution >= 0.6 is 0 Å². The molecule has 0 amide bonds. The molecule has 2 aromatic rings. The molecule has 0 radical (unpaired) electrons. The molecule has 1 aromatic carbocycles. The molecule has 0 aliphatic rings. The van der Waals surface area contributed by atoms with Gasteiger partial charge in [0.2, 0.25) is 5.82 Å². The number of rotatable bonds is 11. The number of quaternary nitrogens is 1. The lowest BCUT2D eigenvalue weighted by Crippen LogP contribution is -3.12. The van der Waals surface area contributed by atoms with Crippen LogP contribution in [0.2, 0.25) is 0 Å². The van der Waals surface area contributed by atoms with Crippen LogP contribution in [0, 0.1) is 0 Å². The second-order valence-electron chi connectivity index (χ2n) is 5.92. The fourth-order valence-corrected chi connectivity index (χ4v) is 2.57. The van der Waals surface area contributed by atoms with E-state index in [9.17, 15) is 0 Å². The van der Waals surface area contributed by atoms with E-state index in [1.54, 1.807) is 4.90 Å². The van der Waals surface area contributed by atoms with E-state index in [1.807, 2.05) is 30.3 Å². The summed E-state index contributed by atoms with van der Waals surface area (Å²) in [6.07, 6.45) is 5.09. The van der Waals surface area contributed by atoms with Crippen molar-refractivity contribution >= 4 is 6.01 Å². The molecular formula is C18H29N4O+. The molecule has 0 aliphatic carbocycles. The Hall–Kier alpha value is -1.88. The van der Waals surface area contributed by atoms with Crippen molar-refractivity contribution in [2.45, 2.75) is 39.5 Å². The summed E-state index contributed by atoms with van der Waals surface area (Å²) in [4.78, 5) is 6.06. The number of benzene rings is 1. The molecule has 2 rings (SSSR count). The quantitative estimate of drug-likeness (QED) is 0.669. The molecule has 0 aliphatic heterocycles. The van der Waals surface area contributed by atoms with Crippen molar-refractivity contribution in [3.63, 3.8) is 0 Å². The van der Waals surface area contributed by atoms with E-state index in [-0.39, 0.29) is 0 Å². The summed E-state index contributed by atoms with van der Waals surface area (Å²) in [5, 5.41) is 7.28. The summed E-state index contributed by atoms with van der Waals surface area (Å²) in [6, 6.07) is 10.4. The lowest BCUT2D eigenvalue weighted by atomic mass is 10.2. The van der Waals surface area contributed by atoms with Gasteiger partial charge in [-0.1, -0.05) is 62.2 Å². The van der Waals surface area contributed by atoms with Gasteiger partial charge < -0.3 is 14.7 Å². The number of hydrogen-bond acceptors (Lipinski definition) is 4. The van der Waals surface area contributed by atoms with E-state index in [4.69, 9.17) is 4.52 Å². The predicted octanol–water partition coefficient (Wildman–Crippen LogP) is 2.63. The average Bonchev–Trinajstić information content (AvgIpc) is 3.06. The Bertz CT molecular complexity index is 533. The minimum absolute atomic E-state index is 0.509. The second kappa shape index (κ2) is 10.0. The molecule has 0 atom stereocenters. The van der Waals surface area contributed by atoms with Gasteiger partial charge in [-0.15, -0.1) is 0 Å². The molecule has 1 aromatic heterocycles. The maximum Gasteiger partial charge on any atom is 0.322 e. The van der Waals surface area contributed by atoms with Crippen LogP contribution in [0.4, 0.5) is 6.01 Å². The van der Waals surface area contributed by atoms with Crippen LogP contribution < -0.4 is 10.2 Å². The fraction of sp³-hybridized carbons (Fsp3) is 0.556. The molecule has 0 saturated heterocycles. The number of anilines is 1. The molecule has 5 heteroatoms. The number of nitrogens with one attached hydrogen (secondary N) is 2. The molecule has 126 valence electrons. The first-order valence-corrected chi connectivity index (χ1v) is 8.80. The first-order chi connectivity index (χ1) is 11.3. The predicted molar refractivity (Wildman–Crippen MR) is 93.6 cm³/mol. The summed E-state index contributed by atoms with van der Waals surface area (Å²) >= 11 is 0. The van der Waals surface area contributed by atoms with Crippen molar-refractivity contribution in [3.8, 4) is 11.4 Å². The Morgan fingerprint density at radius 3 is 2.35 bits per heavy atom. The van der Waals surface area contributed by atoms with Crippen LogP contribution in [-0.4, -0.2) is 36.3 Å². The van der Waals surface area contributed by atoms with E-state index < -0.39 is 0 Å². The zero-order chi connectivity index (χ0) is 16.3. The lowest BCUT2D eigenvalue weighted by Gasteiger charge is -2.18. The van der Waals surface area contributed by atoms with Gasteiger partial charge in [-0.2, -0.15) is 4.98 Å².